The van der Waals surface area contributed by atoms with Crippen molar-refractivity contribution in [2.24, 2.45) is 0 Å². The molecule has 4 nitrogen and oxygen atoms in total. The Morgan fingerprint density at radius 3 is 2.06 bits per heavy atom. The summed E-state index contributed by atoms with van der Waals surface area (Å²) in [6, 6.07) is 59.9. The van der Waals surface area contributed by atoms with Crippen LogP contribution >= 0.6 is 11.3 Å². The van der Waals surface area contributed by atoms with E-state index >= 15 is 0 Å². The lowest BCUT2D eigenvalue weighted by Gasteiger charge is -2.26. The zero-order chi connectivity index (χ0) is 34.2. The van der Waals surface area contributed by atoms with E-state index in [9.17, 15) is 0 Å². The lowest BCUT2D eigenvalue weighted by Crippen LogP contribution is -2.09. The van der Waals surface area contributed by atoms with Gasteiger partial charge in [-0.3, -0.25) is 0 Å². The van der Waals surface area contributed by atoms with Crippen LogP contribution in [0.25, 0.3) is 86.6 Å². The van der Waals surface area contributed by atoms with Crippen molar-refractivity contribution >= 4 is 92.4 Å². The summed E-state index contributed by atoms with van der Waals surface area (Å²) >= 11 is 1.83. The van der Waals surface area contributed by atoms with Gasteiger partial charge in [0.05, 0.1) is 5.39 Å². The van der Waals surface area contributed by atoms with Crippen LogP contribution < -0.4 is 4.90 Å². The summed E-state index contributed by atoms with van der Waals surface area (Å²) in [6.45, 7) is 0. The first-order valence-corrected chi connectivity index (χ1v) is 18.2. The molecule has 3 heterocycles. The smallest absolute Gasteiger partial charge is 0.227 e. The van der Waals surface area contributed by atoms with Crippen molar-refractivity contribution < 1.29 is 8.83 Å². The molecule has 244 valence electrons. The molecule has 0 spiro atoms. The summed E-state index contributed by atoms with van der Waals surface area (Å²) < 4.78 is 15.5. The molecule has 52 heavy (non-hydrogen) atoms. The lowest BCUT2D eigenvalue weighted by atomic mass is 9.98. The van der Waals surface area contributed by atoms with Crippen molar-refractivity contribution in [1.82, 2.24) is 4.98 Å². The van der Waals surface area contributed by atoms with Gasteiger partial charge in [-0.15, -0.1) is 11.3 Å². The molecule has 0 N–H and O–H groups in total. The summed E-state index contributed by atoms with van der Waals surface area (Å²) in [7, 11) is 0. The number of anilines is 3. The molecule has 3 aromatic heterocycles. The van der Waals surface area contributed by atoms with E-state index in [-0.39, 0.29) is 0 Å². The maximum absolute atomic E-state index is 6.55. The van der Waals surface area contributed by atoms with Crippen molar-refractivity contribution in [3.05, 3.63) is 170 Å². The maximum Gasteiger partial charge on any atom is 0.227 e. The first kappa shape index (κ1) is 29.1. The van der Waals surface area contributed by atoms with Crippen LogP contribution in [0.15, 0.2) is 179 Å². The molecule has 0 amide bonds. The van der Waals surface area contributed by atoms with E-state index in [1.54, 1.807) is 0 Å². The van der Waals surface area contributed by atoms with Gasteiger partial charge >= 0.3 is 0 Å². The van der Waals surface area contributed by atoms with Gasteiger partial charge in [0.25, 0.3) is 0 Å². The average Bonchev–Trinajstić information content (AvgIpc) is 3.91. The second kappa shape index (κ2) is 11.4. The summed E-state index contributed by atoms with van der Waals surface area (Å²) in [6.07, 6.45) is 0. The second-order valence-corrected chi connectivity index (χ2v) is 14.2. The molecule has 11 aromatic rings. The highest BCUT2D eigenvalue weighted by Gasteiger charge is 2.20. The Morgan fingerprint density at radius 2 is 1.17 bits per heavy atom. The zero-order valence-electron chi connectivity index (χ0n) is 27.8. The van der Waals surface area contributed by atoms with Gasteiger partial charge < -0.3 is 13.7 Å². The topological polar surface area (TPSA) is 42.4 Å². The number of hydrogen-bond acceptors (Lipinski definition) is 5. The van der Waals surface area contributed by atoms with E-state index in [1.807, 2.05) is 53.8 Å². The first-order valence-electron chi connectivity index (χ1n) is 17.4. The van der Waals surface area contributed by atoms with E-state index in [0.29, 0.717) is 5.89 Å². The molecule has 0 saturated carbocycles. The van der Waals surface area contributed by atoms with Crippen molar-refractivity contribution in [3.8, 4) is 22.6 Å². The molecule has 0 aliphatic rings. The minimum atomic E-state index is 0.601. The van der Waals surface area contributed by atoms with Gasteiger partial charge in [0, 0.05) is 54.3 Å². The zero-order valence-corrected chi connectivity index (χ0v) is 28.6. The number of benzene rings is 8. The molecule has 0 aliphatic carbocycles. The van der Waals surface area contributed by atoms with Gasteiger partial charge in [0.2, 0.25) is 5.89 Å². The van der Waals surface area contributed by atoms with Crippen LogP contribution in [0.5, 0.6) is 0 Å². The third-order valence-corrected chi connectivity index (χ3v) is 11.2. The fourth-order valence-electron chi connectivity index (χ4n) is 7.65. The number of hydrogen-bond donors (Lipinski definition) is 0. The number of thiophene rings is 1. The van der Waals surface area contributed by atoms with Gasteiger partial charge in [0.1, 0.15) is 16.7 Å². The molecule has 0 bridgehead atoms. The highest BCUT2D eigenvalue weighted by atomic mass is 32.1. The Kier molecular flexibility index (Phi) is 6.39. The monoisotopic (exact) mass is 684 g/mol. The fraction of sp³-hybridized carbons (Fsp3) is 0. The molecular weight excluding hydrogens is 657 g/mol. The van der Waals surface area contributed by atoms with Crippen LogP contribution in [0.3, 0.4) is 0 Å². The Labute approximate surface area is 302 Å². The minimum Gasteiger partial charge on any atom is -0.456 e. The van der Waals surface area contributed by atoms with Crippen molar-refractivity contribution in [2.45, 2.75) is 0 Å². The molecule has 0 saturated heterocycles. The summed E-state index contributed by atoms with van der Waals surface area (Å²) in [4.78, 5) is 7.14. The van der Waals surface area contributed by atoms with Crippen molar-refractivity contribution in [1.29, 1.82) is 0 Å². The summed E-state index contributed by atoms with van der Waals surface area (Å²) in [5, 5.41) is 6.97. The van der Waals surface area contributed by atoms with Crippen LogP contribution in [0.4, 0.5) is 17.1 Å². The standard InChI is InChI=1S/C47H28N2O2S/c1-2-10-31(11-3-1)47-48-40-25-26-41-45(46(40)51-47)39-24-22-33(27-42(39)50-41)49(34-21-23-38-37-14-6-7-16-43(37)52-44(38)28-34)32-19-17-30(18-20-32)36-15-8-12-29-9-4-5-13-35(29)36/h1-28H. The number of nitrogens with zero attached hydrogens (tertiary/aromatic N) is 2. The number of oxazole rings is 1. The molecule has 8 aromatic carbocycles. The van der Waals surface area contributed by atoms with Crippen molar-refractivity contribution in [2.75, 3.05) is 4.90 Å². The molecule has 0 aliphatic heterocycles. The van der Waals surface area contributed by atoms with Crippen LogP contribution in [0.2, 0.25) is 0 Å². The minimum absolute atomic E-state index is 0.601. The molecular formula is C47H28N2O2S. The van der Waals surface area contributed by atoms with Crippen LogP contribution in [-0.2, 0) is 0 Å². The van der Waals surface area contributed by atoms with E-state index in [4.69, 9.17) is 13.8 Å². The number of furan rings is 1. The van der Waals surface area contributed by atoms with E-state index in [2.05, 4.69) is 132 Å². The van der Waals surface area contributed by atoms with Gasteiger partial charge in [-0.1, -0.05) is 97.1 Å². The summed E-state index contributed by atoms with van der Waals surface area (Å²) in [5.41, 5.74) is 9.60. The number of rotatable bonds is 5. The normalized spacial score (nSPS) is 11.8. The van der Waals surface area contributed by atoms with Gasteiger partial charge in [-0.2, -0.15) is 0 Å². The van der Waals surface area contributed by atoms with Gasteiger partial charge in [0.15, 0.2) is 5.58 Å². The SMILES string of the molecule is c1ccc(-c2nc3ccc4oc5cc(N(c6ccc(-c7cccc8ccccc78)cc6)c6ccc7c(c6)sc6ccccc67)ccc5c4c3o2)cc1. The van der Waals surface area contributed by atoms with Crippen LogP contribution in [-0.4, -0.2) is 4.98 Å². The van der Waals surface area contributed by atoms with E-state index in [1.165, 1.54) is 42.1 Å². The molecule has 0 unspecified atom stereocenters. The number of aromatic nitrogens is 1. The predicted molar refractivity (Wildman–Crippen MR) is 217 cm³/mol. The Balaban J connectivity index is 1.07. The molecule has 11 rings (SSSR count). The first-order chi connectivity index (χ1) is 25.7. The Bertz CT molecular complexity index is 3130. The van der Waals surface area contributed by atoms with Gasteiger partial charge in [-0.05, 0) is 88.6 Å². The highest BCUT2D eigenvalue weighted by Crippen LogP contribution is 2.44. The molecule has 0 fully saturated rings. The predicted octanol–water partition coefficient (Wildman–Crippen LogP) is 14.1. The van der Waals surface area contributed by atoms with Crippen LogP contribution in [0, 0.1) is 0 Å². The largest absolute Gasteiger partial charge is 0.456 e. The molecule has 5 heteroatoms. The third kappa shape index (κ3) is 4.57. The average molecular weight is 685 g/mol. The Hall–Kier alpha value is -6.69. The fourth-order valence-corrected chi connectivity index (χ4v) is 8.78. The van der Waals surface area contributed by atoms with Gasteiger partial charge in [-0.25, -0.2) is 4.98 Å². The third-order valence-electron chi connectivity index (χ3n) is 10.1. The molecule has 0 radical (unpaired) electrons. The van der Waals surface area contributed by atoms with Crippen LogP contribution in [0.1, 0.15) is 0 Å². The van der Waals surface area contributed by atoms with Crippen molar-refractivity contribution in [3.63, 3.8) is 0 Å². The number of fused-ring (bicyclic) bond motifs is 9. The quantitative estimate of drug-likeness (QED) is 0.181. The lowest BCUT2D eigenvalue weighted by molar-refractivity contribution is 0.622. The summed E-state index contributed by atoms with van der Waals surface area (Å²) in [5.74, 6) is 0.601. The maximum atomic E-state index is 6.55. The Morgan fingerprint density at radius 1 is 0.462 bits per heavy atom. The van der Waals surface area contributed by atoms with E-state index in [0.717, 1.165) is 55.7 Å². The second-order valence-electron chi connectivity index (χ2n) is 13.1. The molecule has 0 atom stereocenters. The highest BCUT2D eigenvalue weighted by molar-refractivity contribution is 7.25. The van der Waals surface area contributed by atoms with E-state index < -0.39 is 0 Å².